The number of nitrogens with one attached hydrogen (secondary N) is 2. The van der Waals surface area contributed by atoms with Crippen LogP contribution in [0.2, 0.25) is 0 Å². The van der Waals surface area contributed by atoms with Gasteiger partial charge in [-0.15, -0.1) is 0 Å². The van der Waals surface area contributed by atoms with Gasteiger partial charge in [0, 0.05) is 18.2 Å². The second-order valence-corrected chi connectivity index (χ2v) is 6.81. The van der Waals surface area contributed by atoms with Gasteiger partial charge < -0.3 is 15.4 Å². The van der Waals surface area contributed by atoms with E-state index in [4.69, 9.17) is 4.74 Å². The van der Waals surface area contributed by atoms with Crippen molar-refractivity contribution in [1.82, 2.24) is 5.32 Å². The van der Waals surface area contributed by atoms with E-state index in [1.165, 1.54) is 19.2 Å². The fourth-order valence-corrected chi connectivity index (χ4v) is 2.94. The minimum atomic E-state index is -0.623. The number of methoxy groups -OCH3 is 1. The van der Waals surface area contributed by atoms with E-state index in [1.807, 2.05) is 31.2 Å². The first-order valence-corrected chi connectivity index (χ1v) is 9.45. The Balaban J connectivity index is 1.76. The Morgan fingerprint density at radius 1 is 1.00 bits per heavy atom. The quantitative estimate of drug-likeness (QED) is 0.443. The minimum absolute atomic E-state index is 0.0532. The van der Waals surface area contributed by atoms with E-state index in [-0.39, 0.29) is 28.5 Å². The molecule has 2 amide bonds. The number of rotatable bonds is 7. The van der Waals surface area contributed by atoms with Crippen molar-refractivity contribution in [1.29, 1.82) is 0 Å². The van der Waals surface area contributed by atoms with E-state index in [0.29, 0.717) is 12.2 Å². The highest BCUT2D eigenvalue weighted by Crippen LogP contribution is 2.28. The lowest BCUT2D eigenvalue weighted by Gasteiger charge is -2.12. The van der Waals surface area contributed by atoms with Gasteiger partial charge in [-0.3, -0.25) is 19.7 Å². The lowest BCUT2D eigenvalue weighted by atomic mass is 10.1. The van der Waals surface area contributed by atoms with Crippen molar-refractivity contribution in [3.05, 3.63) is 99.1 Å². The number of carbonyl (C=O) groups is 2. The molecule has 0 radical (unpaired) electrons. The smallest absolute Gasteiger partial charge is 0.311 e. The van der Waals surface area contributed by atoms with Crippen molar-refractivity contribution < 1.29 is 19.2 Å². The van der Waals surface area contributed by atoms with E-state index in [9.17, 15) is 19.7 Å². The SMILES string of the molecule is COc1ccc(C(=O)Nc2ccccc2C(=O)NCc2ccc(C)cc2)cc1[N+](=O)[O-]. The number of ether oxygens (including phenoxy) is 1. The summed E-state index contributed by atoms with van der Waals surface area (Å²) in [5.74, 6) is -0.876. The van der Waals surface area contributed by atoms with Gasteiger partial charge in [0.05, 0.1) is 23.3 Å². The van der Waals surface area contributed by atoms with Gasteiger partial charge in [-0.25, -0.2) is 0 Å². The van der Waals surface area contributed by atoms with Gasteiger partial charge in [-0.2, -0.15) is 0 Å². The van der Waals surface area contributed by atoms with Crippen LogP contribution in [0.4, 0.5) is 11.4 Å². The zero-order valence-electron chi connectivity index (χ0n) is 17.0. The molecule has 0 bridgehead atoms. The molecule has 3 aromatic rings. The monoisotopic (exact) mass is 419 g/mol. The van der Waals surface area contributed by atoms with E-state index >= 15 is 0 Å². The molecule has 3 rings (SSSR count). The molecule has 0 aliphatic carbocycles. The fourth-order valence-electron chi connectivity index (χ4n) is 2.94. The largest absolute Gasteiger partial charge is 0.490 e. The molecule has 0 aliphatic heterocycles. The molecular weight excluding hydrogens is 398 g/mol. The number of anilines is 1. The minimum Gasteiger partial charge on any atom is -0.490 e. The molecule has 0 aromatic heterocycles. The Kier molecular flexibility index (Phi) is 6.61. The molecule has 8 heteroatoms. The molecule has 0 atom stereocenters. The van der Waals surface area contributed by atoms with Gasteiger partial charge in [-0.05, 0) is 36.8 Å². The lowest BCUT2D eigenvalue weighted by Crippen LogP contribution is -2.25. The second-order valence-electron chi connectivity index (χ2n) is 6.81. The first-order chi connectivity index (χ1) is 14.9. The Bertz CT molecular complexity index is 1130. The topological polar surface area (TPSA) is 111 Å². The average molecular weight is 419 g/mol. The number of nitrogens with zero attached hydrogens (tertiary/aromatic N) is 1. The summed E-state index contributed by atoms with van der Waals surface area (Å²) >= 11 is 0. The summed E-state index contributed by atoms with van der Waals surface area (Å²) in [5, 5.41) is 16.7. The summed E-state index contributed by atoms with van der Waals surface area (Å²) in [6, 6.07) is 18.3. The molecule has 158 valence electrons. The van der Waals surface area contributed by atoms with Crippen LogP contribution >= 0.6 is 0 Å². The molecule has 0 saturated heterocycles. The Labute approximate surface area is 179 Å². The molecule has 0 aliphatic rings. The molecule has 3 aromatic carbocycles. The maximum absolute atomic E-state index is 12.7. The number of aryl methyl sites for hydroxylation is 1. The molecule has 2 N–H and O–H groups in total. The zero-order valence-corrected chi connectivity index (χ0v) is 17.0. The number of carbonyl (C=O) groups excluding carboxylic acids is 2. The highest BCUT2D eigenvalue weighted by Gasteiger charge is 2.19. The van der Waals surface area contributed by atoms with Crippen LogP contribution in [0.3, 0.4) is 0 Å². The number of hydrogen-bond acceptors (Lipinski definition) is 5. The number of nitro groups is 1. The van der Waals surface area contributed by atoms with Gasteiger partial charge >= 0.3 is 5.69 Å². The third kappa shape index (κ3) is 5.24. The van der Waals surface area contributed by atoms with E-state index < -0.39 is 10.8 Å². The predicted octanol–water partition coefficient (Wildman–Crippen LogP) is 4.09. The third-order valence-electron chi connectivity index (χ3n) is 4.63. The number of amides is 2. The summed E-state index contributed by atoms with van der Waals surface area (Å²) in [7, 11) is 1.31. The highest BCUT2D eigenvalue weighted by atomic mass is 16.6. The molecule has 0 saturated carbocycles. The molecule has 31 heavy (non-hydrogen) atoms. The zero-order chi connectivity index (χ0) is 22.4. The second kappa shape index (κ2) is 9.53. The number of benzene rings is 3. The number of para-hydroxylation sites is 1. The van der Waals surface area contributed by atoms with Crippen LogP contribution in [0.25, 0.3) is 0 Å². The van der Waals surface area contributed by atoms with Crippen LogP contribution in [0, 0.1) is 17.0 Å². The third-order valence-corrected chi connectivity index (χ3v) is 4.63. The van der Waals surface area contributed by atoms with Gasteiger partial charge in [0.25, 0.3) is 11.8 Å². The first-order valence-electron chi connectivity index (χ1n) is 9.45. The predicted molar refractivity (Wildman–Crippen MR) is 116 cm³/mol. The maximum atomic E-state index is 12.7. The number of hydrogen-bond donors (Lipinski definition) is 2. The fraction of sp³-hybridized carbons (Fsp3) is 0.130. The molecule has 0 unspecified atom stereocenters. The van der Waals surface area contributed by atoms with Crippen molar-refractivity contribution in [3.8, 4) is 5.75 Å². The van der Waals surface area contributed by atoms with Crippen LogP contribution in [-0.2, 0) is 6.54 Å². The Hall–Kier alpha value is -4.20. The Morgan fingerprint density at radius 2 is 1.71 bits per heavy atom. The summed E-state index contributed by atoms with van der Waals surface area (Å²) in [6.45, 7) is 2.32. The van der Waals surface area contributed by atoms with Gasteiger partial charge in [0.15, 0.2) is 5.75 Å². The van der Waals surface area contributed by atoms with Crippen LogP contribution < -0.4 is 15.4 Å². The Morgan fingerprint density at radius 3 is 2.39 bits per heavy atom. The first kappa shape index (κ1) is 21.5. The van der Waals surface area contributed by atoms with E-state index in [0.717, 1.165) is 17.2 Å². The van der Waals surface area contributed by atoms with Crippen molar-refractivity contribution in [2.75, 3.05) is 12.4 Å². The van der Waals surface area contributed by atoms with Crippen molar-refractivity contribution in [2.45, 2.75) is 13.5 Å². The summed E-state index contributed by atoms with van der Waals surface area (Å²) < 4.78 is 4.95. The number of nitro benzene ring substituents is 1. The van der Waals surface area contributed by atoms with Crippen molar-refractivity contribution in [2.24, 2.45) is 0 Å². The lowest BCUT2D eigenvalue weighted by molar-refractivity contribution is -0.385. The van der Waals surface area contributed by atoms with Crippen molar-refractivity contribution in [3.63, 3.8) is 0 Å². The van der Waals surface area contributed by atoms with Crippen LogP contribution in [0.15, 0.2) is 66.7 Å². The van der Waals surface area contributed by atoms with Crippen molar-refractivity contribution >= 4 is 23.2 Å². The molecule has 8 nitrogen and oxygen atoms in total. The van der Waals surface area contributed by atoms with E-state index in [1.54, 1.807) is 24.3 Å². The molecule has 0 spiro atoms. The summed E-state index contributed by atoms with van der Waals surface area (Å²) in [6.07, 6.45) is 0. The maximum Gasteiger partial charge on any atom is 0.311 e. The highest BCUT2D eigenvalue weighted by molar-refractivity contribution is 6.09. The van der Waals surface area contributed by atoms with Gasteiger partial charge in [0.2, 0.25) is 0 Å². The summed E-state index contributed by atoms with van der Waals surface area (Å²) in [5.41, 5.74) is 2.41. The van der Waals surface area contributed by atoms with Crippen LogP contribution in [0.5, 0.6) is 5.75 Å². The van der Waals surface area contributed by atoms with Gasteiger partial charge in [-0.1, -0.05) is 42.0 Å². The van der Waals surface area contributed by atoms with Crippen LogP contribution in [0.1, 0.15) is 31.8 Å². The summed E-state index contributed by atoms with van der Waals surface area (Å²) in [4.78, 5) is 35.9. The van der Waals surface area contributed by atoms with E-state index in [2.05, 4.69) is 10.6 Å². The van der Waals surface area contributed by atoms with Gasteiger partial charge in [0.1, 0.15) is 0 Å². The van der Waals surface area contributed by atoms with Crippen LogP contribution in [-0.4, -0.2) is 23.8 Å². The standard InChI is InChI=1S/C23H21N3O5/c1-15-7-9-16(10-8-15)14-24-23(28)18-5-3-4-6-19(18)25-22(27)17-11-12-21(31-2)20(13-17)26(29)30/h3-13H,14H2,1-2H3,(H,24,28)(H,25,27). The normalized spacial score (nSPS) is 10.3. The average Bonchev–Trinajstić information content (AvgIpc) is 2.78. The molecule has 0 fully saturated rings. The molecule has 0 heterocycles. The molecular formula is C23H21N3O5.